The largest absolute Gasteiger partial charge is 0.355 e. The molecule has 0 aliphatic rings. The highest BCUT2D eigenvalue weighted by Gasteiger charge is 2.12. The van der Waals surface area contributed by atoms with Gasteiger partial charge in [0.2, 0.25) is 11.8 Å². The molecule has 0 unspecified atom stereocenters. The molecule has 3 aromatic rings. The van der Waals surface area contributed by atoms with Gasteiger partial charge in [0.05, 0.1) is 12.1 Å². The summed E-state index contributed by atoms with van der Waals surface area (Å²) >= 11 is 1.41. The van der Waals surface area contributed by atoms with Crippen LogP contribution in [0.15, 0.2) is 47.8 Å². The Labute approximate surface area is 175 Å². The lowest BCUT2D eigenvalue weighted by Crippen LogP contribution is -2.28. The molecule has 2 aromatic carbocycles. The summed E-state index contributed by atoms with van der Waals surface area (Å²) in [6.45, 7) is 6.52. The van der Waals surface area contributed by atoms with Crippen molar-refractivity contribution in [2.75, 3.05) is 11.9 Å². The van der Waals surface area contributed by atoms with Crippen molar-refractivity contribution in [3.05, 3.63) is 70.1 Å². The van der Waals surface area contributed by atoms with Crippen molar-refractivity contribution in [2.45, 2.75) is 33.6 Å². The lowest BCUT2D eigenvalue weighted by molar-refractivity contribution is -0.120. The van der Waals surface area contributed by atoms with Gasteiger partial charge in [0.15, 0.2) is 5.13 Å². The van der Waals surface area contributed by atoms with Crippen LogP contribution in [0.2, 0.25) is 0 Å². The van der Waals surface area contributed by atoms with Crippen molar-refractivity contribution in [1.29, 1.82) is 0 Å². The predicted octanol–water partition coefficient (Wildman–Crippen LogP) is 4.42. The first-order chi connectivity index (χ1) is 13.9. The number of aryl methyl sites for hydroxylation is 3. The number of amides is 2. The standard InChI is InChI=1S/C23H25N3O2S/c1-15-11-16(2)22(17(3)12-15)19-14-29-23(25-19)26-20(27)9-10-24-21(28)13-18-7-5-4-6-8-18/h4-8,11-12,14H,9-10,13H2,1-3H3,(H,24,28)(H,25,26,27). The number of rotatable bonds is 7. The molecule has 0 aliphatic carbocycles. The molecular weight excluding hydrogens is 382 g/mol. The van der Waals surface area contributed by atoms with Gasteiger partial charge >= 0.3 is 0 Å². The summed E-state index contributed by atoms with van der Waals surface area (Å²) in [7, 11) is 0. The van der Waals surface area contributed by atoms with Gasteiger partial charge in [0, 0.05) is 23.9 Å². The summed E-state index contributed by atoms with van der Waals surface area (Å²) in [6, 6.07) is 13.8. The number of carbonyl (C=O) groups is 2. The first kappa shape index (κ1) is 20.7. The van der Waals surface area contributed by atoms with E-state index in [0.29, 0.717) is 18.1 Å². The van der Waals surface area contributed by atoms with Gasteiger partial charge in [-0.05, 0) is 37.5 Å². The Balaban J connectivity index is 1.50. The molecule has 150 valence electrons. The quantitative estimate of drug-likeness (QED) is 0.609. The number of anilines is 1. The average Bonchev–Trinajstić information content (AvgIpc) is 3.09. The summed E-state index contributed by atoms with van der Waals surface area (Å²) in [5.41, 5.74) is 6.50. The molecule has 29 heavy (non-hydrogen) atoms. The average molecular weight is 408 g/mol. The third-order valence-corrected chi connectivity index (χ3v) is 5.32. The Kier molecular flexibility index (Phi) is 6.77. The van der Waals surface area contributed by atoms with Crippen molar-refractivity contribution < 1.29 is 9.59 Å². The second-order valence-corrected chi connectivity index (χ2v) is 7.98. The van der Waals surface area contributed by atoms with Crippen LogP contribution in [0.3, 0.4) is 0 Å². The van der Waals surface area contributed by atoms with Gasteiger partial charge in [-0.3, -0.25) is 9.59 Å². The van der Waals surface area contributed by atoms with Gasteiger partial charge < -0.3 is 10.6 Å². The molecular formula is C23H25N3O2S. The van der Waals surface area contributed by atoms with Gasteiger partial charge in [-0.1, -0.05) is 48.0 Å². The summed E-state index contributed by atoms with van der Waals surface area (Å²) < 4.78 is 0. The van der Waals surface area contributed by atoms with Crippen LogP contribution in [0.25, 0.3) is 11.3 Å². The van der Waals surface area contributed by atoms with Crippen LogP contribution in [0, 0.1) is 20.8 Å². The van der Waals surface area contributed by atoms with Gasteiger partial charge in [-0.25, -0.2) is 4.98 Å². The topological polar surface area (TPSA) is 71.1 Å². The Morgan fingerprint density at radius 2 is 1.69 bits per heavy atom. The lowest BCUT2D eigenvalue weighted by Gasteiger charge is -2.08. The zero-order valence-electron chi connectivity index (χ0n) is 16.9. The zero-order chi connectivity index (χ0) is 20.8. The van der Waals surface area contributed by atoms with E-state index >= 15 is 0 Å². The third-order valence-electron chi connectivity index (χ3n) is 4.57. The van der Waals surface area contributed by atoms with Crippen molar-refractivity contribution in [3.8, 4) is 11.3 Å². The molecule has 3 rings (SSSR count). The molecule has 0 bridgehead atoms. The van der Waals surface area contributed by atoms with E-state index in [2.05, 4.69) is 48.5 Å². The van der Waals surface area contributed by atoms with E-state index in [1.54, 1.807) is 0 Å². The highest BCUT2D eigenvalue weighted by Crippen LogP contribution is 2.31. The Bertz CT molecular complexity index is 989. The minimum Gasteiger partial charge on any atom is -0.355 e. The number of carbonyl (C=O) groups excluding carboxylic acids is 2. The van der Waals surface area contributed by atoms with E-state index in [4.69, 9.17) is 0 Å². The summed E-state index contributed by atoms with van der Waals surface area (Å²) in [6.07, 6.45) is 0.519. The SMILES string of the molecule is Cc1cc(C)c(-c2csc(NC(=O)CCNC(=O)Cc3ccccc3)n2)c(C)c1. The molecule has 5 nitrogen and oxygen atoms in total. The first-order valence-electron chi connectivity index (χ1n) is 9.56. The summed E-state index contributed by atoms with van der Waals surface area (Å²) in [5.74, 6) is -0.255. The maximum Gasteiger partial charge on any atom is 0.227 e. The minimum absolute atomic E-state index is 0.0918. The monoisotopic (exact) mass is 407 g/mol. The summed E-state index contributed by atoms with van der Waals surface area (Å²) in [4.78, 5) is 28.7. The van der Waals surface area contributed by atoms with Crippen LogP contribution in [-0.4, -0.2) is 23.3 Å². The molecule has 0 radical (unpaired) electrons. The smallest absolute Gasteiger partial charge is 0.227 e. The summed E-state index contributed by atoms with van der Waals surface area (Å²) in [5, 5.41) is 8.13. The van der Waals surface area contributed by atoms with Gasteiger partial charge in [0.25, 0.3) is 0 Å². The van der Waals surface area contributed by atoms with E-state index in [1.165, 1.54) is 28.0 Å². The molecule has 2 amide bonds. The van der Waals surface area contributed by atoms with Crippen LogP contribution in [0.4, 0.5) is 5.13 Å². The fourth-order valence-corrected chi connectivity index (χ4v) is 4.09. The molecule has 0 saturated carbocycles. The van der Waals surface area contributed by atoms with Crippen LogP contribution in [0.1, 0.15) is 28.7 Å². The van der Waals surface area contributed by atoms with Crippen LogP contribution >= 0.6 is 11.3 Å². The van der Waals surface area contributed by atoms with E-state index < -0.39 is 0 Å². The number of nitrogens with one attached hydrogen (secondary N) is 2. The Morgan fingerprint density at radius 3 is 2.38 bits per heavy atom. The number of hydrogen-bond donors (Lipinski definition) is 2. The maximum absolute atomic E-state index is 12.2. The number of hydrogen-bond acceptors (Lipinski definition) is 4. The van der Waals surface area contributed by atoms with Gasteiger partial charge in [-0.2, -0.15) is 0 Å². The molecule has 0 atom stereocenters. The van der Waals surface area contributed by atoms with E-state index in [1.807, 2.05) is 35.7 Å². The first-order valence-corrected chi connectivity index (χ1v) is 10.4. The Morgan fingerprint density at radius 1 is 1.00 bits per heavy atom. The fourth-order valence-electron chi connectivity index (χ4n) is 3.37. The van der Waals surface area contributed by atoms with Crippen molar-refractivity contribution >= 4 is 28.3 Å². The van der Waals surface area contributed by atoms with E-state index in [9.17, 15) is 9.59 Å². The number of nitrogens with zero attached hydrogens (tertiary/aromatic N) is 1. The lowest BCUT2D eigenvalue weighted by atomic mass is 9.98. The number of benzene rings is 2. The number of aromatic nitrogens is 1. The molecule has 0 fully saturated rings. The van der Waals surface area contributed by atoms with Crippen LogP contribution < -0.4 is 10.6 Å². The highest BCUT2D eigenvalue weighted by molar-refractivity contribution is 7.14. The van der Waals surface area contributed by atoms with Crippen molar-refractivity contribution in [3.63, 3.8) is 0 Å². The molecule has 0 spiro atoms. The van der Waals surface area contributed by atoms with E-state index in [-0.39, 0.29) is 18.2 Å². The molecule has 0 saturated heterocycles. The molecule has 1 aromatic heterocycles. The van der Waals surface area contributed by atoms with Crippen molar-refractivity contribution in [1.82, 2.24) is 10.3 Å². The maximum atomic E-state index is 12.2. The minimum atomic E-state index is -0.164. The number of thiazole rings is 1. The highest BCUT2D eigenvalue weighted by atomic mass is 32.1. The second-order valence-electron chi connectivity index (χ2n) is 7.12. The van der Waals surface area contributed by atoms with Gasteiger partial charge in [0.1, 0.15) is 0 Å². The molecule has 1 heterocycles. The Hall–Kier alpha value is -2.99. The fraction of sp³-hybridized carbons (Fsp3) is 0.261. The molecule has 0 aliphatic heterocycles. The normalized spacial score (nSPS) is 10.6. The zero-order valence-corrected chi connectivity index (χ0v) is 17.7. The van der Waals surface area contributed by atoms with E-state index in [0.717, 1.165) is 16.8 Å². The van der Waals surface area contributed by atoms with Gasteiger partial charge in [-0.15, -0.1) is 11.3 Å². The third kappa shape index (κ3) is 5.74. The van der Waals surface area contributed by atoms with Crippen molar-refractivity contribution in [2.24, 2.45) is 0 Å². The molecule has 6 heteroatoms. The molecule has 2 N–H and O–H groups in total. The second kappa shape index (κ2) is 9.47. The van der Waals surface area contributed by atoms with Crippen LogP contribution in [-0.2, 0) is 16.0 Å². The van der Waals surface area contributed by atoms with Crippen LogP contribution in [0.5, 0.6) is 0 Å². The predicted molar refractivity (Wildman–Crippen MR) is 118 cm³/mol.